The minimum atomic E-state index is -0.429. The van der Waals surface area contributed by atoms with E-state index in [1.807, 2.05) is 19.1 Å². The SMILES string of the molecule is Cc1cccnc1CC(N)c1ccc(F)c(Cl)c1. The number of halogens is 2. The van der Waals surface area contributed by atoms with Crippen molar-refractivity contribution in [3.8, 4) is 0 Å². The first-order valence-electron chi connectivity index (χ1n) is 5.69. The van der Waals surface area contributed by atoms with Crippen molar-refractivity contribution in [2.45, 2.75) is 19.4 Å². The Morgan fingerprint density at radius 3 is 2.83 bits per heavy atom. The summed E-state index contributed by atoms with van der Waals surface area (Å²) < 4.78 is 13.1. The van der Waals surface area contributed by atoms with E-state index in [1.165, 1.54) is 6.07 Å². The highest BCUT2D eigenvalue weighted by molar-refractivity contribution is 6.30. The highest BCUT2D eigenvalue weighted by Crippen LogP contribution is 2.22. The van der Waals surface area contributed by atoms with Gasteiger partial charge in [0.05, 0.1) is 5.02 Å². The molecular formula is C14H14ClFN2. The number of hydrogen-bond acceptors (Lipinski definition) is 2. The quantitative estimate of drug-likeness (QED) is 0.923. The van der Waals surface area contributed by atoms with Gasteiger partial charge >= 0.3 is 0 Å². The molecule has 0 amide bonds. The molecule has 1 aromatic carbocycles. The van der Waals surface area contributed by atoms with Crippen LogP contribution in [0.25, 0.3) is 0 Å². The van der Waals surface area contributed by atoms with E-state index in [-0.39, 0.29) is 11.1 Å². The second kappa shape index (κ2) is 5.46. The van der Waals surface area contributed by atoms with Crippen LogP contribution in [-0.2, 0) is 6.42 Å². The maximum Gasteiger partial charge on any atom is 0.141 e. The molecule has 0 radical (unpaired) electrons. The Kier molecular flexibility index (Phi) is 3.94. The Bertz CT molecular complexity index is 557. The largest absolute Gasteiger partial charge is 0.324 e. The lowest BCUT2D eigenvalue weighted by Crippen LogP contribution is -2.15. The van der Waals surface area contributed by atoms with E-state index < -0.39 is 5.82 Å². The zero-order chi connectivity index (χ0) is 13.1. The lowest BCUT2D eigenvalue weighted by atomic mass is 10.0. The van der Waals surface area contributed by atoms with Crippen LogP contribution in [0.2, 0.25) is 5.02 Å². The maximum atomic E-state index is 13.1. The Hall–Kier alpha value is -1.45. The number of aromatic nitrogens is 1. The van der Waals surface area contributed by atoms with Gasteiger partial charge in [0.25, 0.3) is 0 Å². The van der Waals surface area contributed by atoms with E-state index >= 15 is 0 Å². The number of nitrogens with two attached hydrogens (primary N) is 1. The summed E-state index contributed by atoms with van der Waals surface area (Å²) in [5, 5.41) is 0.0979. The van der Waals surface area contributed by atoms with Crippen LogP contribution in [0, 0.1) is 12.7 Å². The van der Waals surface area contributed by atoms with Crippen molar-refractivity contribution in [1.82, 2.24) is 4.98 Å². The van der Waals surface area contributed by atoms with Gasteiger partial charge in [-0.1, -0.05) is 23.7 Å². The van der Waals surface area contributed by atoms with Gasteiger partial charge in [0.15, 0.2) is 0 Å². The number of benzene rings is 1. The number of rotatable bonds is 3. The van der Waals surface area contributed by atoms with Crippen molar-refractivity contribution < 1.29 is 4.39 Å². The van der Waals surface area contributed by atoms with Gasteiger partial charge in [0.1, 0.15) is 5.82 Å². The van der Waals surface area contributed by atoms with Gasteiger partial charge in [-0.05, 0) is 36.2 Å². The van der Waals surface area contributed by atoms with Crippen LogP contribution in [0.5, 0.6) is 0 Å². The summed E-state index contributed by atoms with van der Waals surface area (Å²) in [7, 11) is 0. The summed E-state index contributed by atoms with van der Waals surface area (Å²) >= 11 is 5.75. The number of hydrogen-bond donors (Lipinski definition) is 1. The van der Waals surface area contributed by atoms with Crippen LogP contribution in [0.3, 0.4) is 0 Å². The smallest absolute Gasteiger partial charge is 0.141 e. The van der Waals surface area contributed by atoms with E-state index in [4.69, 9.17) is 17.3 Å². The first-order valence-corrected chi connectivity index (χ1v) is 6.06. The Balaban J connectivity index is 2.19. The zero-order valence-corrected chi connectivity index (χ0v) is 10.8. The van der Waals surface area contributed by atoms with Crippen molar-refractivity contribution in [3.05, 3.63) is 64.2 Å². The van der Waals surface area contributed by atoms with Crippen molar-refractivity contribution in [3.63, 3.8) is 0 Å². The van der Waals surface area contributed by atoms with Crippen molar-refractivity contribution in [2.24, 2.45) is 5.73 Å². The lowest BCUT2D eigenvalue weighted by molar-refractivity contribution is 0.624. The third-order valence-electron chi connectivity index (χ3n) is 2.90. The Labute approximate surface area is 111 Å². The molecule has 18 heavy (non-hydrogen) atoms. The third kappa shape index (κ3) is 2.86. The molecule has 2 rings (SSSR count). The highest BCUT2D eigenvalue weighted by Gasteiger charge is 2.11. The molecule has 2 aromatic rings. The van der Waals surface area contributed by atoms with Gasteiger partial charge in [-0.2, -0.15) is 0 Å². The van der Waals surface area contributed by atoms with Crippen LogP contribution < -0.4 is 5.73 Å². The molecule has 0 bridgehead atoms. The van der Waals surface area contributed by atoms with E-state index in [0.29, 0.717) is 6.42 Å². The molecule has 0 spiro atoms. The molecule has 0 aliphatic rings. The molecule has 0 saturated heterocycles. The molecule has 0 aliphatic heterocycles. The summed E-state index contributed by atoms with van der Waals surface area (Å²) in [4.78, 5) is 4.30. The minimum absolute atomic E-state index is 0.0979. The normalized spacial score (nSPS) is 12.4. The maximum absolute atomic E-state index is 13.1. The standard InChI is InChI=1S/C14H14ClFN2/c1-9-3-2-6-18-14(9)8-13(17)10-4-5-12(16)11(15)7-10/h2-7,13H,8,17H2,1H3. The molecule has 0 fully saturated rings. The average molecular weight is 265 g/mol. The van der Waals surface area contributed by atoms with Crippen LogP contribution in [0.1, 0.15) is 22.9 Å². The third-order valence-corrected chi connectivity index (χ3v) is 3.19. The second-order valence-corrected chi connectivity index (χ2v) is 4.66. The fraction of sp³-hybridized carbons (Fsp3) is 0.214. The molecule has 0 aliphatic carbocycles. The summed E-state index contributed by atoms with van der Waals surface area (Å²) in [5.41, 5.74) is 8.95. The second-order valence-electron chi connectivity index (χ2n) is 4.25. The predicted octanol–water partition coefficient (Wildman–Crippen LogP) is 3.43. The number of aryl methyl sites for hydroxylation is 1. The molecule has 1 atom stereocenters. The van der Waals surface area contributed by atoms with E-state index in [1.54, 1.807) is 18.3 Å². The fourth-order valence-electron chi connectivity index (χ4n) is 1.80. The first kappa shape index (κ1) is 13.0. The van der Waals surface area contributed by atoms with Gasteiger partial charge in [-0.3, -0.25) is 4.98 Å². The topological polar surface area (TPSA) is 38.9 Å². The monoisotopic (exact) mass is 264 g/mol. The lowest BCUT2D eigenvalue weighted by Gasteiger charge is -2.13. The molecule has 1 heterocycles. The van der Waals surface area contributed by atoms with Crippen molar-refractivity contribution in [1.29, 1.82) is 0 Å². The zero-order valence-electron chi connectivity index (χ0n) is 10.0. The van der Waals surface area contributed by atoms with Crippen molar-refractivity contribution >= 4 is 11.6 Å². The van der Waals surface area contributed by atoms with Gasteiger partial charge in [0, 0.05) is 24.4 Å². The fourth-order valence-corrected chi connectivity index (χ4v) is 1.99. The molecule has 94 valence electrons. The van der Waals surface area contributed by atoms with Gasteiger partial charge < -0.3 is 5.73 Å². The molecular weight excluding hydrogens is 251 g/mol. The van der Waals surface area contributed by atoms with Crippen LogP contribution in [-0.4, -0.2) is 4.98 Å². The summed E-state index contributed by atoms with van der Waals surface area (Å²) in [5.74, 6) is -0.429. The predicted molar refractivity (Wildman–Crippen MR) is 71.0 cm³/mol. The van der Waals surface area contributed by atoms with Crippen LogP contribution in [0.15, 0.2) is 36.5 Å². The van der Waals surface area contributed by atoms with E-state index in [9.17, 15) is 4.39 Å². The van der Waals surface area contributed by atoms with Gasteiger partial charge in [0.2, 0.25) is 0 Å². The summed E-state index contributed by atoms with van der Waals surface area (Å²) in [6.45, 7) is 1.99. The number of pyridine rings is 1. The Morgan fingerprint density at radius 1 is 1.39 bits per heavy atom. The van der Waals surface area contributed by atoms with E-state index in [2.05, 4.69) is 4.98 Å². The molecule has 4 heteroatoms. The highest BCUT2D eigenvalue weighted by atomic mass is 35.5. The molecule has 2 N–H and O–H groups in total. The molecule has 0 saturated carbocycles. The van der Waals surface area contributed by atoms with Crippen LogP contribution in [0.4, 0.5) is 4.39 Å². The van der Waals surface area contributed by atoms with E-state index in [0.717, 1.165) is 16.8 Å². The van der Waals surface area contributed by atoms with Crippen LogP contribution >= 0.6 is 11.6 Å². The van der Waals surface area contributed by atoms with Gasteiger partial charge in [-0.15, -0.1) is 0 Å². The Morgan fingerprint density at radius 2 is 2.17 bits per heavy atom. The van der Waals surface area contributed by atoms with Gasteiger partial charge in [-0.25, -0.2) is 4.39 Å². The average Bonchev–Trinajstić information content (AvgIpc) is 2.35. The first-order chi connectivity index (χ1) is 8.58. The summed E-state index contributed by atoms with van der Waals surface area (Å²) in [6, 6.07) is 8.20. The number of nitrogens with zero attached hydrogens (tertiary/aromatic N) is 1. The molecule has 1 unspecified atom stereocenters. The molecule has 2 nitrogen and oxygen atoms in total. The minimum Gasteiger partial charge on any atom is -0.324 e. The van der Waals surface area contributed by atoms with Crippen molar-refractivity contribution in [2.75, 3.05) is 0 Å². The summed E-state index contributed by atoms with van der Waals surface area (Å²) in [6.07, 6.45) is 2.35. The molecule has 1 aromatic heterocycles.